The third kappa shape index (κ3) is 3.59. The van der Waals surface area contributed by atoms with Crippen LogP contribution in [0.3, 0.4) is 0 Å². The van der Waals surface area contributed by atoms with Gasteiger partial charge in [-0.05, 0) is 35.9 Å². The van der Waals surface area contributed by atoms with Crippen LogP contribution in [0.1, 0.15) is 15.9 Å². The van der Waals surface area contributed by atoms with Gasteiger partial charge in [0.15, 0.2) is 0 Å². The first-order valence-corrected chi connectivity index (χ1v) is 6.71. The molecule has 0 aliphatic heterocycles. The molecular weight excluding hydrogens is 318 g/mol. The third-order valence-corrected chi connectivity index (χ3v) is 3.14. The first-order chi connectivity index (χ1) is 9.58. The molecule has 0 atom stereocenters. The predicted octanol–water partition coefficient (Wildman–Crippen LogP) is 3.35. The predicted molar refractivity (Wildman–Crippen MR) is 82.3 cm³/mol. The fourth-order valence-corrected chi connectivity index (χ4v) is 2.25. The summed E-state index contributed by atoms with van der Waals surface area (Å²) in [6.07, 6.45) is 0.358. The monoisotopic (exact) mass is 329 g/mol. The minimum absolute atomic E-state index is 0.231. The molecule has 4 nitrogen and oxygen atoms in total. The summed E-state index contributed by atoms with van der Waals surface area (Å²) in [7, 11) is 0. The molecule has 0 bridgehead atoms. The first-order valence-electron chi connectivity index (χ1n) is 5.92. The first kappa shape index (κ1) is 14.1. The lowest BCUT2D eigenvalue weighted by molar-refractivity contribution is 0.102. The highest BCUT2D eigenvalue weighted by Crippen LogP contribution is 2.19. The number of nitrogen functional groups attached to an aromatic ring is 1. The van der Waals surface area contributed by atoms with Crippen molar-refractivity contribution in [2.24, 2.45) is 0 Å². The van der Waals surface area contributed by atoms with Gasteiger partial charge in [0.2, 0.25) is 0 Å². The van der Waals surface area contributed by atoms with Crippen molar-refractivity contribution in [3.05, 3.63) is 58.1 Å². The highest BCUT2D eigenvalue weighted by Gasteiger charge is 2.07. The van der Waals surface area contributed by atoms with Crippen molar-refractivity contribution in [1.29, 1.82) is 5.26 Å². The zero-order valence-electron chi connectivity index (χ0n) is 10.6. The lowest BCUT2D eigenvalue weighted by atomic mass is 10.1. The van der Waals surface area contributed by atoms with Gasteiger partial charge in [-0.25, -0.2) is 0 Å². The fraction of sp³-hybridized carbons (Fsp3) is 0.0667. The quantitative estimate of drug-likeness (QED) is 0.847. The average Bonchev–Trinajstić information content (AvgIpc) is 2.40. The molecule has 0 spiro atoms. The number of nitrogens with one attached hydrogen (secondary N) is 1. The minimum Gasteiger partial charge on any atom is -0.399 e. The van der Waals surface area contributed by atoms with Crippen LogP contribution < -0.4 is 11.1 Å². The van der Waals surface area contributed by atoms with Gasteiger partial charge in [-0.1, -0.05) is 28.1 Å². The maximum absolute atomic E-state index is 12.1. The molecule has 0 heterocycles. The summed E-state index contributed by atoms with van der Waals surface area (Å²) in [4.78, 5) is 12.1. The van der Waals surface area contributed by atoms with Gasteiger partial charge in [-0.2, -0.15) is 5.26 Å². The van der Waals surface area contributed by atoms with Gasteiger partial charge in [0.05, 0.1) is 12.5 Å². The van der Waals surface area contributed by atoms with Crippen molar-refractivity contribution in [3.63, 3.8) is 0 Å². The molecule has 0 aromatic heterocycles. The molecule has 0 fully saturated rings. The smallest absolute Gasteiger partial charge is 0.255 e. The van der Waals surface area contributed by atoms with E-state index >= 15 is 0 Å². The molecule has 100 valence electrons. The van der Waals surface area contributed by atoms with Gasteiger partial charge in [-0.3, -0.25) is 4.79 Å². The van der Waals surface area contributed by atoms with Crippen LogP contribution in [-0.2, 0) is 6.42 Å². The topological polar surface area (TPSA) is 78.9 Å². The van der Waals surface area contributed by atoms with E-state index in [1.54, 1.807) is 30.3 Å². The molecule has 2 aromatic carbocycles. The molecular formula is C15H12BrN3O. The van der Waals surface area contributed by atoms with Crippen molar-refractivity contribution in [3.8, 4) is 6.07 Å². The second kappa shape index (κ2) is 6.22. The SMILES string of the molecule is N#CCc1ccc(NC(=O)c2cc(N)cc(Br)c2)cc1. The molecule has 0 unspecified atom stereocenters. The molecule has 20 heavy (non-hydrogen) atoms. The number of carbonyl (C=O) groups is 1. The molecule has 0 aliphatic rings. The Labute approximate surface area is 125 Å². The van der Waals surface area contributed by atoms with Crippen LogP contribution in [-0.4, -0.2) is 5.91 Å². The lowest BCUT2D eigenvalue weighted by Gasteiger charge is -2.07. The zero-order chi connectivity index (χ0) is 14.5. The summed E-state index contributed by atoms with van der Waals surface area (Å²) in [6, 6.07) is 14.3. The average molecular weight is 330 g/mol. The van der Waals surface area contributed by atoms with Gasteiger partial charge in [0, 0.05) is 21.4 Å². The van der Waals surface area contributed by atoms with E-state index in [1.165, 1.54) is 0 Å². The van der Waals surface area contributed by atoms with Crippen molar-refractivity contribution in [2.45, 2.75) is 6.42 Å². The summed E-state index contributed by atoms with van der Waals surface area (Å²) in [5.41, 5.74) is 8.30. The number of hydrogen-bond donors (Lipinski definition) is 2. The number of carbonyl (C=O) groups excluding carboxylic acids is 1. The van der Waals surface area contributed by atoms with Crippen molar-refractivity contribution in [2.75, 3.05) is 11.1 Å². The van der Waals surface area contributed by atoms with E-state index in [1.807, 2.05) is 12.1 Å². The number of nitrogens with zero attached hydrogens (tertiary/aromatic N) is 1. The maximum Gasteiger partial charge on any atom is 0.255 e. The maximum atomic E-state index is 12.1. The Hall–Kier alpha value is -2.32. The molecule has 0 radical (unpaired) electrons. The summed E-state index contributed by atoms with van der Waals surface area (Å²) in [5, 5.41) is 11.4. The van der Waals surface area contributed by atoms with Gasteiger partial charge >= 0.3 is 0 Å². The largest absolute Gasteiger partial charge is 0.399 e. The van der Waals surface area contributed by atoms with Crippen LogP contribution in [0.2, 0.25) is 0 Å². The van der Waals surface area contributed by atoms with E-state index in [2.05, 4.69) is 27.3 Å². The fourth-order valence-electron chi connectivity index (χ4n) is 1.74. The molecule has 2 rings (SSSR count). The number of nitriles is 1. The number of rotatable bonds is 3. The van der Waals surface area contributed by atoms with Crippen LogP contribution >= 0.6 is 15.9 Å². The van der Waals surface area contributed by atoms with E-state index in [4.69, 9.17) is 11.0 Å². The summed E-state index contributed by atoms with van der Waals surface area (Å²) < 4.78 is 0.756. The van der Waals surface area contributed by atoms with E-state index < -0.39 is 0 Å². The van der Waals surface area contributed by atoms with Crippen molar-refractivity contribution in [1.82, 2.24) is 0 Å². The zero-order valence-corrected chi connectivity index (χ0v) is 12.1. The van der Waals surface area contributed by atoms with Gasteiger partial charge in [-0.15, -0.1) is 0 Å². The van der Waals surface area contributed by atoms with Gasteiger partial charge < -0.3 is 11.1 Å². The summed E-state index contributed by atoms with van der Waals surface area (Å²) >= 11 is 3.30. The Kier molecular flexibility index (Phi) is 4.38. The van der Waals surface area contributed by atoms with Crippen LogP contribution in [0.15, 0.2) is 46.9 Å². The Morgan fingerprint density at radius 2 is 1.95 bits per heavy atom. The Morgan fingerprint density at radius 1 is 1.25 bits per heavy atom. The molecule has 5 heteroatoms. The molecule has 2 aromatic rings. The molecule has 1 amide bonds. The number of benzene rings is 2. The lowest BCUT2D eigenvalue weighted by Crippen LogP contribution is -2.12. The molecule has 0 saturated carbocycles. The standard InChI is InChI=1S/C15H12BrN3O/c16-12-7-11(8-13(18)9-12)15(20)19-14-3-1-10(2-4-14)5-6-17/h1-4,7-9H,5,18H2,(H,19,20). The molecule has 0 saturated heterocycles. The summed E-state index contributed by atoms with van der Waals surface area (Å²) in [5.74, 6) is -0.231. The Bertz CT molecular complexity index is 654. The molecule has 0 aliphatic carbocycles. The van der Waals surface area contributed by atoms with Crippen LogP contribution in [0.25, 0.3) is 0 Å². The number of amides is 1. The summed E-state index contributed by atoms with van der Waals surface area (Å²) in [6.45, 7) is 0. The van der Waals surface area contributed by atoms with Crippen molar-refractivity contribution >= 4 is 33.2 Å². The number of nitrogens with two attached hydrogens (primary N) is 1. The van der Waals surface area contributed by atoms with Gasteiger partial charge in [0.25, 0.3) is 5.91 Å². The van der Waals surface area contributed by atoms with Crippen LogP contribution in [0.5, 0.6) is 0 Å². The second-order valence-electron chi connectivity index (χ2n) is 4.26. The van der Waals surface area contributed by atoms with E-state index in [9.17, 15) is 4.79 Å². The van der Waals surface area contributed by atoms with Gasteiger partial charge in [0.1, 0.15) is 0 Å². The van der Waals surface area contributed by atoms with E-state index in [0.29, 0.717) is 23.4 Å². The number of hydrogen-bond acceptors (Lipinski definition) is 3. The van der Waals surface area contributed by atoms with E-state index in [0.717, 1.165) is 10.0 Å². The number of halogens is 1. The third-order valence-electron chi connectivity index (χ3n) is 2.68. The van der Waals surface area contributed by atoms with Crippen LogP contribution in [0.4, 0.5) is 11.4 Å². The minimum atomic E-state index is -0.231. The van der Waals surface area contributed by atoms with Crippen molar-refractivity contribution < 1.29 is 4.79 Å². The Morgan fingerprint density at radius 3 is 2.55 bits per heavy atom. The van der Waals surface area contributed by atoms with E-state index in [-0.39, 0.29) is 5.91 Å². The highest BCUT2D eigenvalue weighted by molar-refractivity contribution is 9.10. The normalized spacial score (nSPS) is 9.80. The molecule has 3 N–H and O–H groups in total. The Balaban J connectivity index is 2.13. The van der Waals surface area contributed by atoms with Crippen LogP contribution in [0, 0.1) is 11.3 Å². The highest BCUT2D eigenvalue weighted by atomic mass is 79.9. The second-order valence-corrected chi connectivity index (χ2v) is 5.17. The number of anilines is 2.